The summed E-state index contributed by atoms with van der Waals surface area (Å²) in [6.07, 6.45) is 5.35. The van der Waals surface area contributed by atoms with Gasteiger partial charge in [0.1, 0.15) is 12.6 Å². The van der Waals surface area contributed by atoms with Crippen molar-refractivity contribution >= 4 is 18.0 Å². The number of carboxylic acids is 1. The zero-order valence-corrected chi connectivity index (χ0v) is 12.0. The quantitative estimate of drug-likeness (QED) is 0.774. The van der Waals surface area contributed by atoms with Gasteiger partial charge in [0.2, 0.25) is 5.91 Å². The Bertz CT molecular complexity index is 406. The molecule has 1 aliphatic heterocycles. The molecule has 2 fully saturated rings. The van der Waals surface area contributed by atoms with Gasteiger partial charge in [-0.2, -0.15) is 0 Å². The molecule has 1 heterocycles. The predicted molar refractivity (Wildman–Crippen MR) is 71.1 cm³/mol. The van der Waals surface area contributed by atoms with Crippen molar-refractivity contribution in [2.45, 2.75) is 57.1 Å². The monoisotopic (exact) mass is 297 g/mol. The number of alkyl carbamates (subject to hydrolysis) is 1. The number of nitrogens with one attached hydrogen (secondary N) is 1. The van der Waals surface area contributed by atoms with Crippen LogP contribution in [-0.2, 0) is 14.3 Å². The molecule has 0 aromatic carbocycles. The van der Waals surface area contributed by atoms with Gasteiger partial charge in [-0.3, -0.25) is 4.79 Å². The molecule has 7 nitrogen and oxygen atoms in total. The van der Waals surface area contributed by atoms with E-state index < -0.39 is 24.0 Å². The summed E-state index contributed by atoms with van der Waals surface area (Å²) in [5.41, 5.74) is 0. The largest absolute Gasteiger partial charge is 0.548 e. The number of amides is 2. The lowest BCUT2D eigenvalue weighted by Gasteiger charge is -2.26. The summed E-state index contributed by atoms with van der Waals surface area (Å²) in [5.74, 6) is -1.66. The molecule has 1 atom stereocenters. The lowest BCUT2D eigenvalue weighted by molar-refractivity contribution is -0.310. The fourth-order valence-corrected chi connectivity index (χ4v) is 2.94. The lowest BCUT2D eigenvalue weighted by atomic mass is 9.98. The maximum absolute atomic E-state index is 11.9. The zero-order valence-electron chi connectivity index (χ0n) is 12.0. The van der Waals surface area contributed by atoms with Crippen LogP contribution in [0.5, 0.6) is 0 Å². The second kappa shape index (κ2) is 7.28. The Morgan fingerprint density at radius 2 is 1.81 bits per heavy atom. The smallest absolute Gasteiger partial charge is 0.407 e. The van der Waals surface area contributed by atoms with Crippen molar-refractivity contribution in [3.05, 3.63) is 0 Å². The van der Waals surface area contributed by atoms with E-state index in [0.717, 1.165) is 25.7 Å². The molecule has 7 heteroatoms. The number of carboxylic acid groups (broad SMARTS) is 1. The average molecular weight is 297 g/mol. The molecule has 1 saturated carbocycles. The van der Waals surface area contributed by atoms with Crippen molar-refractivity contribution in [2.24, 2.45) is 0 Å². The van der Waals surface area contributed by atoms with Crippen molar-refractivity contribution in [2.75, 3.05) is 13.1 Å². The summed E-state index contributed by atoms with van der Waals surface area (Å²) in [5, 5.41) is 13.3. The molecule has 0 aromatic heterocycles. The summed E-state index contributed by atoms with van der Waals surface area (Å²) < 4.78 is 5.23. The Balaban J connectivity index is 1.72. The topological polar surface area (TPSA) is 98.8 Å². The Morgan fingerprint density at radius 3 is 2.48 bits per heavy atom. The van der Waals surface area contributed by atoms with Crippen molar-refractivity contribution in [1.29, 1.82) is 0 Å². The second-order valence-corrected chi connectivity index (χ2v) is 5.58. The van der Waals surface area contributed by atoms with Gasteiger partial charge in [0.15, 0.2) is 0 Å². The van der Waals surface area contributed by atoms with Gasteiger partial charge in [0.25, 0.3) is 0 Å². The first-order valence-electron chi connectivity index (χ1n) is 7.52. The highest BCUT2D eigenvalue weighted by molar-refractivity contribution is 5.86. The van der Waals surface area contributed by atoms with Crippen molar-refractivity contribution in [1.82, 2.24) is 10.2 Å². The highest BCUT2D eigenvalue weighted by Crippen LogP contribution is 2.20. The van der Waals surface area contributed by atoms with E-state index in [1.165, 1.54) is 11.3 Å². The van der Waals surface area contributed by atoms with E-state index in [2.05, 4.69) is 5.32 Å². The van der Waals surface area contributed by atoms with Gasteiger partial charge in [0, 0.05) is 6.54 Å². The zero-order chi connectivity index (χ0) is 15.2. The van der Waals surface area contributed by atoms with Crippen LogP contribution in [0.4, 0.5) is 4.79 Å². The minimum absolute atomic E-state index is 0.0726. The van der Waals surface area contributed by atoms with E-state index in [-0.39, 0.29) is 12.6 Å². The van der Waals surface area contributed by atoms with Crippen LogP contribution in [0.2, 0.25) is 0 Å². The van der Waals surface area contributed by atoms with Crippen molar-refractivity contribution in [3.8, 4) is 0 Å². The number of hydrogen-bond donors (Lipinski definition) is 1. The molecule has 2 rings (SSSR count). The van der Waals surface area contributed by atoms with Gasteiger partial charge < -0.3 is 24.9 Å². The SMILES string of the molecule is O=C(NCC(=O)N1CCCC1C(=O)[O-])OC1CCCCC1. The summed E-state index contributed by atoms with van der Waals surface area (Å²) in [6, 6.07) is -0.881. The van der Waals surface area contributed by atoms with Gasteiger partial charge >= 0.3 is 6.09 Å². The van der Waals surface area contributed by atoms with E-state index in [1.807, 2.05) is 0 Å². The minimum atomic E-state index is -1.24. The normalized spacial score (nSPS) is 22.9. The van der Waals surface area contributed by atoms with Crippen molar-refractivity contribution < 1.29 is 24.2 Å². The molecule has 1 aliphatic carbocycles. The molecule has 1 unspecified atom stereocenters. The van der Waals surface area contributed by atoms with Crippen LogP contribution in [0, 0.1) is 0 Å². The molecule has 2 amide bonds. The van der Waals surface area contributed by atoms with Crippen LogP contribution >= 0.6 is 0 Å². The number of ether oxygens (including phenoxy) is 1. The van der Waals surface area contributed by atoms with Crippen LogP contribution in [-0.4, -0.2) is 48.1 Å². The number of likely N-dealkylation sites (tertiary alicyclic amines) is 1. The summed E-state index contributed by atoms with van der Waals surface area (Å²) in [7, 11) is 0. The fourth-order valence-electron chi connectivity index (χ4n) is 2.94. The second-order valence-electron chi connectivity index (χ2n) is 5.58. The summed E-state index contributed by atoms with van der Waals surface area (Å²) in [6.45, 7) is 0.145. The van der Waals surface area contributed by atoms with Gasteiger partial charge in [-0.15, -0.1) is 0 Å². The maximum atomic E-state index is 11.9. The highest BCUT2D eigenvalue weighted by atomic mass is 16.6. The summed E-state index contributed by atoms with van der Waals surface area (Å²) in [4.78, 5) is 35.7. The minimum Gasteiger partial charge on any atom is -0.548 e. The van der Waals surface area contributed by atoms with Gasteiger partial charge in [-0.1, -0.05) is 6.42 Å². The van der Waals surface area contributed by atoms with E-state index in [9.17, 15) is 19.5 Å². The average Bonchev–Trinajstić information content (AvgIpc) is 2.95. The molecule has 1 saturated heterocycles. The standard InChI is InChI=1S/C14H22N2O5/c17-12(16-8-4-7-11(16)13(18)19)9-15-14(20)21-10-5-2-1-3-6-10/h10-11H,1-9H2,(H,15,20)(H,18,19)/p-1. The molecule has 118 valence electrons. The number of hydrogen-bond acceptors (Lipinski definition) is 5. The Hall–Kier alpha value is -1.79. The highest BCUT2D eigenvalue weighted by Gasteiger charge is 2.29. The first-order valence-corrected chi connectivity index (χ1v) is 7.52. The third-order valence-electron chi connectivity index (χ3n) is 4.06. The third kappa shape index (κ3) is 4.34. The van der Waals surface area contributed by atoms with Gasteiger partial charge in [0.05, 0.1) is 12.0 Å². The lowest BCUT2D eigenvalue weighted by Crippen LogP contribution is -2.50. The Morgan fingerprint density at radius 1 is 1.10 bits per heavy atom. The Kier molecular flexibility index (Phi) is 5.41. The molecule has 0 bridgehead atoms. The van der Waals surface area contributed by atoms with Crippen molar-refractivity contribution in [3.63, 3.8) is 0 Å². The molecular weight excluding hydrogens is 276 g/mol. The first kappa shape index (κ1) is 15.6. The summed E-state index contributed by atoms with van der Waals surface area (Å²) >= 11 is 0. The molecule has 0 spiro atoms. The molecule has 0 aromatic rings. The molecule has 0 radical (unpaired) electrons. The van der Waals surface area contributed by atoms with Crippen LogP contribution in [0.1, 0.15) is 44.9 Å². The first-order chi connectivity index (χ1) is 10.1. The molecule has 2 aliphatic rings. The molecule has 1 N–H and O–H groups in total. The van der Waals surface area contributed by atoms with Crippen LogP contribution < -0.4 is 10.4 Å². The van der Waals surface area contributed by atoms with Crippen LogP contribution in [0.3, 0.4) is 0 Å². The third-order valence-corrected chi connectivity index (χ3v) is 4.06. The number of carbonyl (C=O) groups excluding carboxylic acids is 3. The van der Waals surface area contributed by atoms with Crippen LogP contribution in [0.15, 0.2) is 0 Å². The van der Waals surface area contributed by atoms with Gasteiger partial charge in [-0.25, -0.2) is 4.79 Å². The number of aliphatic carboxylic acids is 1. The predicted octanol–water partition coefficient (Wildman–Crippen LogP) is -0.214. The Labute approximate surface area is 123 Å². The van der Waals surface area contributed by atoms with E-state index in [1.54, 1.807) is 0 Å². The molecule has 21 heavy (non-hydrogen) atoms. The maximum Gasteiger partial charge on any atom is 0.407 e. The fraction of sp³-hybridized carbons (Fsp3) is 0.786. The van der Waals surface area contributed by atoms with E-state index >= 15 is 0 Å². The number of nitrogens with zero attached hydrogens (tertiary/aromatic N) is 1. The van der Waals surface area contributed by atoms with Crippen LogP contribution in [0.25, 0.3) is 0 Å². The van der Waals surface area contributed by atoms with Gasteiger partial charge in [-0.05, 0) is 38.5 Å². The van der Waals surface area contributed by atoms with E-state index in [0.29, 0.717) is 19.4 Å². The number of rotatable bonds is 4. The molecular formula is C14H21N2O5-. The van der Waals surface area contributed by atoms with E-state index in [4.69, 9.17) is 4.74 Å². The number of carbonyl (C=O) groups is 3.